The molecule has 0 saturated carbocycles. The Morgan fingerprint density at radius 3 is 2.69 bits per heavy atom. The molecule has 2 unspecified atom stereocenters. The number of nitrogens with zero attached hydrogens (tertiary/aromatic N) is 5. The van der Waals surface area contributed by atoms with Crippen molar-refractivity contribution in [3.05, 3.63) is 88.3 Å². The molecule has 196 valence electrons. The predicted octanol–water partition coefficient (Wildman–Crippen LogP) is 4.84. The fraction of sp³-hybridized carbons (Fsp3) is 0.290. The second-order valence-electron chi connectivity index (χ2n) is 9.96. The summed E-state index contributed by atoms with van der Waals surface area (Å²) < 4.78 is 6.00. The Morgan fingerprint density at radius 2 is 1.92 bits per heavy atom. The summed E-state index contributed by atoms with van der Waals surface area (Å²) >= 11 is 6.54. The van der Waals surface area contributed by atoms with Crippen LogP contribution in [0.15, 0.2) is 65.9 Å². The van der Waals surface area contributed by atoms with E-state index in [1.807, 2.05) is 42.7 Å². The van der Waals surface area contributed by atoms with Crippen molar-refractivity contribution >= 4 is 34.4 Å². The number of halogens is 1. The van der Waals surface area contributed by atoms with Gasteiger partial charge in [0.2, 0.25) is 0 Å². The van der Waals surface area contributed by atoms with Crippen molar-refractivity contribution in [2.24, 2.45) is 4.99 Å². The van der Waals surface area contributed by atoms with Crippen molar-refractivity contribution in [3.63, 3.8) is 0 Å². The van der Waals surface area contributed by atoms with E-state index in [1.165, 1.54) is 0 Å². The highest BCUT2D eigenvalue weighted by Gasteiger charge is 2.34. The van der Waals surface area contributed by atoms with Crippen LogP contribution in [0.25, 0.3) is 10.8 Å². The molecule has 2 saturated heterocycles. The molecule has 4 aromatic rings. The minimum atomic E-state index is 0.283. The minimum absolute atomic E-state index is 0.283. The van der Waals surface area contributed by atoms with Gasteiger partial charge in [-0.2, -0.15) is 9.97 Å². The van der Waals surface area contributed by atoms with E-state index in [4.69, 9.17) is 32.7 Å². The first kappa shape index (κ1) is 25.3. The lowest BCUT2D eigenvalue weighted by Crippen LogP contribution is -2.51. The van der Waals surface area contributed by atoms with Crippen molar-refractivity contribution < 1.29 is 4.74 Å². The third kappa shape index (κ3) is 5.58. The Morgan fingerprint density at radius 1 is 1.10 bits per heavy atom. The molecule has 2 bridgehead atoms. The molecule has 0 amide bonds. The van der Waals surface area contributed by atoms with Crippen molar-refractivity contribution in [3.8, 4) is 18.4 Å². The second-order valence-corrected chi connectivity index (χ2v) is 10.4. The zero-order valence-corrected chi connectivity index (χ0v) is 22.3. The van der Waals surface area contributed by atoms with Crippen LogP contribution in [0.1, 0.15) is 35.2 Å². The average molecular weight is 537 g/mol. The highest BCUT2D eigenvalue weighted by atomic mass is 35.5. The zero-order chi connectivity index (χ0) is 26.6. The maximum absolute atomic E-state index is 6.54. The normalized spacial score (nSPS) is 18.5. The van der Waals surface area contributed by atoms with Crippen LogP contribution >= 0.6 is 11.6 Å². The number of terminal acetylenes is 1. The molecular formula is C31H29ClN6O. The molecule has 6 rings (SSSR count). The molecule has 0 aliphatic carbocycles. The number of hydrogen-bond acceptors (Lipinski definition) is 7. The molecule has 39 heavy (non-hydrogen) atoms. The van der Waals surface area contributed by atoms with E-state index in [-0.39, 0.29) is 6.01 Å². The first-order chi connectivity index (χ1) is 19.2. The van der Waals surface area contributed by atoms with Gasteiger partial charge in [-0.3, -0.25) is 9.98 Å². The van der Waals surface area contributed by atoms with Crippen molar-refractivity contribution in [2.75, 3.05) is 24.6 Å². The van der Waals surface area contributed by atoms with Crippen LogP contribution in [0.3, 0.4) is 0 Å². The number of hydrogen-bond donors (Lipinski definition) is 1. The molecule has 8 heteroatoms. The first-order valence-electron chi connectivity index (χ1n) is 13.2. The van der Waals surface area contributed by atoms with Crippen LogP contribution in [0, 0.1) is 12.3 Å². The number of piperazine rings is 1. The summed E-state index contributed by atoms with van der Waals surface area (Å²) in [5.41, 5.74) is 3.35. The van der Waals surface area contributed by atoms with Crippen LogP contribution in [0.5, 0.6) is 6.01 Å². The summed E-state index contributed by atoms with van der Waals surface area (Å²) in [4.78, 5) is 20.7. The number of aromatic nitrogens is 3. The Bertz CT molecular complexity index is 1530. The fourth-order valence-electron chi connectivity index (χ4n) is 5.48. The van der Waals surface area contributed by atoms with E-state index in [9.17, 15) is 0 Å². The van der Waals surface area contributed by atoms with E-state index < -0.39 is 0 Å². The maximum atomic E-state index is 6.54. The van der Waals surface area contributed by atoms with E-state index >= 15 is 0 Å². The van der Waals surface area contributed by atoms with E-state index in [2.05, 4.69) is 44.3 Å². The van der Waals surface area contributed by atoms with E-state index in [0.717, 1.165) is 64.2 Å². The van der Waals surface area contributed by atoms with Gasteiger partial charge in [0.05, 0.1) is 18.7 Å². The molecule has 7 nitrogen and oxygen atoms in total. The van der Waals surface area contributed by atoms with E-state index in [0.29, 0.717) is 37.4 Å². The fourth-order valence-corrected chi connectivity index (χ4v) is 5.79. The number of fused-ring (bicyclic) bond motifs is 3. The Balaban J connectivity index is 1.30. The smallest absolute Gasteiger partial charge is 0.319 e. The summed E-state index contributed by atoms with van der Waals surface area (Å²) in [6.45, 7) is 2.59. The third-order valence-corrected chi connectivity index (χ3v) is 7.64. The molecule has 2 fully saturated rings. The Labute approximate surface area is 233 Å². The third-order valence-electron chi connectivity index (χ3n) is 7.32. The zero-order valence-electron chi connectivity index (χ0n) is 21.6. The van der Waals surface area contributed by atoms with Gasteiger partial charge in [-0.15, -0.1) is 6.42 Å². The van der Waals surface area contributed by atoms with Crippen LogP contribution < -0.4 is 15.0 Å². The Hall–Kier alpha value is -3.99. The molecule has 0 spiro atoms. The minimum Gasteiger partial charge on any atom is -0.463 e. The highest BCUT2D eigenvalue weighted by molar-refractivity contribution is 6.35. The van der Waals surface area contributed by atoms with Crippen LogP contribution in [0.2, 0.25) is 5.02 Å². The van der Waals surface area contributed by atoms with Crippen LogP contribution in [-0.2, 0) is 13.0 Å². The largest absolute Gasteiger partial charge is 0.463 e. The van der Waals surface area contributed by atoms with Gasteiger partial charge in [0, 0.05) is 60.6 Å². The molecule has 2 aromatic carbocycles. The predicted molar refractivity (Wildman–Crippen MR) is 156 cm³/mol. The van der Waals surface area contributed by atoms with E-state index in [1.54, 1.807) is 6.20 Å². The standard InChI is InChI=1S/C31H29ClN6O/c1-2-28-26(18-34-17-23-9-3-7-22-8-4-10-27(32)29(22)23)30(38-19-24-11-12-25(20-38)35-24)37-31(36-28)39-15-13-21-6-5-14-33-16-21/h1,3-10,14,16,18,24-25,35H,11-13,15,17,19-20H2. The monoisotopic (exact) mass is 536 g/mol. The Kier molecular flexibility index (Phi) is 7.40. The molecule has 4 heterocycles. The number of pyridine rings is 1. The first-order valence-corrected chi connectivity index (χ1v) is 13.6. The lowest BCUT2D eigenvalue weighted by molar-refractivity contribution is 0.295. The number of aliphatic imine (C=N–C) groups is 1. The highest BCUT2D eigenvalue weighted by Crippen LogP contribution is 2.30. The van der Waals surface area contributed by atoms with Gasteiger partial charge in [-0.1, -0.05) is 48.0 Å². The summed E-state index contributed by atoms with van der Waals surface area (Å²) in [5, 5.41) is 6.51. The quantitative estimate of drug-likeness (QED) is 0.256. The van der Waals surface area contributed by atoms with Gasteiger partial charge >= 0.3 is 6.01 Å². The lowest BCUT2D eigenvalue weighted by atomic mass is 10.0. The summed E-state index contributed by atoms with van der Waals surface area (Å²) in [6.07, 6.45) is 14.4. The average Bonchev–Trinajstić information content (AvgIpc) is 3.31. The van der Waals surface area contributed by atoms with Crippen molar-refractivity contribution in [1.82, 2.24) is 20.3 Å². The number of nitrogens with one attached hydrogen (secondary N) is 1. The van der Waals surface area contributed by atoms with Crippen LogP contribution in [0.4, 0.5) is 5.82 Å². The van der Waals surface area contributed by atoms with Gasteiger partial charge in [0.25, 0.3) is 0 Å². The number of rotatable bonds is 8. The topological polar surface area (TPSA) is 75.5 Å². The van der Waals surface area contributed by atoms with Gasteiger partial charge in [0.1, 0.15) is 11.5 Å². The molecule has 2 aliphatic heterocycles. The van der Waals surface area contributed by atoms with Crippen LogP contribution in [-0.4, -0.2) is 52.9 Å². The number of anilines is 1. The van der Waals surface area contributed by atoms with Gasteiger partial charge in [0.15, 0.2) is 0 Å². The molecular weight excluding hydrogens is 508 g/mol. The summed E-state index contributed by atoms with van der Waals surface area (Å²) in [5.74, 6) is 3.52. The molecule has 2 aromatic heterocycles. The van der Waals surface area contributed by atoms with Gasteiger partial charge in [-0.05, 0) is 47.4 Å². The van der Waals surface area contributed by atoms with Crippen molar-refractivity contribution in [1.29, 1.82) is 0 Å². The molecule has 0 radical (unpaired) electrons. The summed E-state index contributed by atoms with van der Waals surface area (Å²) in [6, 6.07) is 17.2. The summed E-state index contributed by atoms with van der Waals surface area (Å²) in [7, 11) is 0. The van der Waals surface area contributed by atoms with Gasteiger partial charge in [-0.25, -0.2) is 0 Å². The second kappa shape index (κ2) is 11.4. The number of ether oxygens (including phenoxy) is 1. The number of benzene rings is 2. The SMILES string of the molecule is C#Cc1nc(OCCc2cccnc2)nc(N2CC3CCC(C2)N3)c1C=NCc1cccc2cccc(Cl)c12. The van der Waals surface area contributed by atoms with Gasteiger partial charge < -0.3 is 15.0 Å². The molecule has 2 atom stereocenters. The maximum Gasteiger partial charge on any atom is 0.319 e. The molecule has 2 aliphatic rings. The lowest BCUT2D eigenvalue weighted by Gasteiger charge is -2.34. The van der Waals surface area contributed by atoms with Crippen molar-refractivity contribution in [2.45, 2.75) is 37.9 Å². The molecule has 1 N–H and O–H groups in total.